The molecule has 1 heterocycles. The SMILES string of the molecule is CCNC(=NCCOCc1ccccc1)N1CCC2(CCC2)C1.I. The van der Waals surface area contributed by atoms with E-state index in [1.165, 1.54) is 37.8 Å². The molecular formula is C19H30IN3O. The highest BCUT2D eigenvalue weighted by molar-refractivity contribution is 14.0. The second kappa shape index (κ2) is 9.61. The zero-order valence-corrected chi connectivity index (χ0v) is 17.0. The van der Waals surface area contributed by atoms with Crippen LogP contribution in [0.4, 0.5) is 0 Å². The Morgan fingerprint density at radius 1 is 1.25 bits per heavy atom. The van der Waals surface area contributed by atoms with E-state index >= 15 is 0 Å². The predicted molar refractivity (Wildman–Crippen MR) is 110 cm³/mol. The van der Waals surface area contributed by atoms with Crippen molar-refractivity contribution in [3.63, 3.8) is 0 Å². The van der Waals surface area contributed by atoms with Crippen LogP contribution in [-0.4, -0.2) is 43.6 Å². The molecule has 4 nitrogen and oxygen atoms in total. The van der Waals surface area contributed by atoms with Gasteiger partial charge in [0.25, 0.3) is 0 Å². The topological polar surface area (TPSA) is 36.9 Å². The standard InChI is InChI=1S/C19H29N3O.HI/c1-2-20-18(22-13-11-19(16-22)9-6-10-19)21-12-14-23-15-17-7-4-3-5-8-17;/h3-5,7-8H,2,6,9-16H2,1H3,(H,20,21);1H. The minimum absolute atomic E-state index is 0. The van der Waals surface area contributed by atoms with Crippen molar-refractivity contribution in [3.8, 4) is 0 Å². The lowest BCUT2D eigenvalue weighted by Crippen LogP contribution is -2.42. The molecule has 1 spiro atoms. The van der Waals surface area contributed by atoms with Gasteiger partial charge in [0, 0.05) is 19.6 Å². The molecule has 0 radical (unpaired) electrons. The number of rotatable bonds is 6. The number of aliphatic imine (C=N–C) groups is 1. The van der Waals surface area contributed by atoms with E-state index in [0.717, 1.165) is 25.6 Å². The second-order valence-electron chi connectivity index (χ2n) is 6.80. The molecule has 5 heteroatoms. The summed E-state index contributed by atoms with van der Waals surface area (Å²) in [6, 6.07) is 10.3. The smallest absolute Gasteiger partial charge is 0.194 e. The van der Waals surface area contributed by atoms with Crippen molar-refractivity contribution >= 4 is 29.9 Å². The molecule has 1 aromatic carbocycles. The molecule has 1 aliphatic heterocycles. The van der Waals surface area contributed by atoms with E-state index in [9.17, 15) is 0 Å². The number of likely N-dealkylation sites (tertiary alicyclic amines) is 1. The fraction of sp³-hybridized carbons (Fsp3) is 0.632. The first-order valence-electron chi connectivity index (χ1n) is 8.96. The number of halogens is 1. The van der Waals surface area contributed by atoms with Gasteiger partial charge in [0.15, 0.2) is 5.96 Å². The van der Waals surface area contributed by atoms with E-state index in [4.69, 9.17) is 9.73 Å². The summed E-state index contributed by atoms with van der Waals surface area (Å²) in [6.45, 7) is 7.45. The lowest BCUT2D eigenvalue weighted by atomic mass is 9.68. The number of nitrogens with zero attached hydrogens (tertiary/aromatic N) is 2. The van der Waals surface area contributed by atoms with Crippen LogP contribution in [0.1, 0.15) is 38.2 Å². The van der Waals surface area contributed by atoms with Crippen molar-refractivity contribution in [1.82, 2.24) is 10.2 Å². The number of benzene rings is 1. The molecular weight excluding hydrogens is 413 g/mol. The molecule has 1 saturated carbocycles. The summed E-state index contributed by atoms with van der Waals surface area (Å²) in [7, 11) is 0. The average molecular weight is 443 g/mol. The lowest BCUT2D eigenvalue weighted by Gasteiger charge is -2.38. The summed E-state index contributed by atoms with van der Waals surface area (Å²) in [6.07, 6.45) is 5.56. The van der Waals surface area contributed by atoms with Gasteiger partial charge in [-0.3, -0.25) is 4.99 Å². The van der Waals surface area contributed by atoms with E-state index in [2.05, 4.69) is 29.3 Å². The van der Waals surface area contributed by atoms with Gasteiger partial charge in [0.1, 0.15) is 0 Å². The van der Waals surface area contributed by atoms with Crippen LogP contribution in [0.5, 0.6) is 0 Å². The predicted octanol–water partition coefficient (Wildman–Crippen LogP) is 3.66. The maximum absolute atomic E-state index is 5.73. The van der Waals surface area contributed by atoms with E-state index < -0.39 is 0 Å². The maximum atomic E-state index is 5.73. The maximum Gasteiger partial charge on any atom is 0.194 e. The minimum atomic E-state index is 0. The highest BCUT2D eigenvalue weighted by Crippen LogP contribution is 2.47. The van der Waals surface area contributed by atoms with Gasteiger partial charge in [-0.05, 0) is 37.2 Å². The Balaban J connectivity index is 0.00000208. The normalized spacial score (nSPS) is 19.0. The Morgan fingerprint density at radius 3 is 2.67 bits per heavy atom. The molecule has 1 aromatic rings. The van der Waals surface area contributed by atoms with Gasteiger partial charge in [-0.15, -0.1) is 24.0 Å². The fourth-order valence-electron chi connectivity index (χ4n) is 3.61. The molecule has 0 unspecified atom stereocenters. The van der Waals surface area contributed by atoms with E-state index in [0.29, 0.717) is 18.6 Å². The molecule has 0 amide bonds. The zero-order chi connectivity index (χ0) is 16.0. The summed E-state index contributed by atoms with van der Waals surface area (Å²) >= 11 is 0. The summed E-state index contributed by atoms with van der Waals surface area (Å²) in [5, 5.41) is 3.44. The molecule has 1 N–H and O–H groups in total. The van der Waals surface area contributed by atoms with Gasteiger partial charge in [0.2, 0.25) is 0 Å². The summed E-state index contributed by atoms with van der Waals surface area (Å²) in [5.41, 5.74) is 1.83. The van der Waals surface area contributed by atoms with Crippen LogP contribution in [0.2, 0.25) is 0 Å². The third-order valence-corrected chi connectivity index (χ3v) is 5.10. The Hall–Kier alpha value is -0.820. The highest BCUT2D eigenvalue weighted by Gasteiger charge is 2.43. The number of hydrogen-bond donors (Lipinski definition) is 1. The van der Waals surface area contributed by atoms with Crippen LogP contribution in [0, 0.1) is 5.41 Å². The van der Waals surface area contributed by atoms with E-state index in [-0.39, 0.29) is 24.0 Å². The van der Waals surface area contributed by atoms with Gasteiger partial charge in [-0.25, -0.2) is 0 Å². The second-order valence-corrected chi connectivity index (χ2v) is 6.80. The zero-order valence-electron chi connectivity index (χ0n) is 14.7. The van der Waals surface area contributed by atoms with Crippen molar-refractivity contribution in [2.24, 2.45) is 10.4 Å². The van der Waals surface area contributed by atoms with Crippen LogP contribution in [0.15, 0.2) is 35.3 Å². The number of nitrogens with one attached hydrogen (secondary N) is 1. The summed E-state index contributed by atoms with van der Waals surface area (Å²) in [5.74, 6) is 1.07. The van der Waals surface area contributed by atoms with Crippen LogP contribution in [-0.2, 0) is 11.3 Å². The first-order chi connectivity index (χ1) is 11.3. The Kier molecular flexibility index (Phi) is 7.81. The monoisotopic (exact) mass is 443 g/mol. The molecule has 1 aliphatic carbocycles. The third-order valence-electron chi connectivity index (χ3n) is 5.10. The van der Waals surface area contributed by atoms with Crippen LogP contribution in [0.25, 0.3) is 0 Å². The van der Waals surface area contributed by atoms with E-state index in [1.807, 2.05) is 18.2 Å². The van der Waals surface area contributed by atoms with Gasteiger partial charge < -0.3 is 15.0 Å². The van der Waals surface area contributed by atoms with Crippen molar-refractivity contribution < 1.29 is 4.74 Å². The average Bonchev–Trinajstić information content (AvgIpc) is 3.00. The quantitative estimate of drug-likeness (QED) is 0.316. The molecule has 24 heavy (non-hydrogen) atoms. The van der Waals surface area contributed by atoms with Crippen molar-refractivity contribution in [1.29, 1.82) is 0 Å². The number of guanidine groups is 1. The van der Waals surface area contributed by atoms with Crippen LogP contribution in [0.3, 0.4) is 0 Å². The molecule has 0 aromatic heterocycles. The Labute approximate surface area is 163 Å². The fourth-order valence-corrected chi connectivity index (χ4v) is 3.61. The lowest BCUT2D eigenvalue weighted by molar-refractivity contribution is 0.128. The van der Waals surface area contributed by atoms with Crippen molar-refractivity contribution in [3.05, 3.63) is 35.9 Å². The van der Waals surface area contributed by atoms with Gasteiger partial charge >= 0.3 is 0 Å². The molecule has 2 fully saturated rings. The Morgan fingerprint density at radius 2 is 2.04 bits per heavy atom. The summed E-state index contributed by atoms with van der Waals surface area (Å²) in [4.78, 5) is 7.20. The number of hydrogen-bond acceptors (Lipinski definition) is 2. The highest BCUT2D eigenvalue weighted by atomic mass is 127. The summed E-state index contributed by atoms with van der Waals surface area (Å²) < 4.78 is 5.73. The first-order valence-corrected chi connectivity index (χ1v) is 8.96. The molecule has 3 rings (SSSR count). The van der Waals surface area contributed by atoms with Gasteiger partial charge in [-0.2, -0.15) is 0 Å². The molecule has 0 bridgehead atoms. The van der Waals surface area contributed by atoms with E-state index in [1.54, 1.807) is 0 Å². The van der Waals surface area contributed by atoms with Gasteiger partial charge in [-0.1, -0.05) is 36.8 Å². The number of ether oxygens (including phenoxy) is 1. The molecule has 2 aliphatic rings. The Bertz CT molecular complexity index is 517. The first kappa shape index (κ1) is 19.5. The minimum Gasteiger partial charge on any atom is -0.375 e. The molecule has 134 valence electrons. The largest absolute Gasteiger partial charge is 0.375 e. The molecule has 0 atom stereocenters. The van der Waals surface area contributed by atoms with Crippen molar-refractivity contribution in [2.75, 3.05) is 32.8 Å². The van der Waals surface area contributed by atoms with Crippen LogP contribution < -0.4 is 5.32 Å². The van der Waals surface area contributed by atoms with Crippen LogP contribution >= 0.6 is 24.0 Å². The molecule has 1 saturated heterocycles. The van der Waals surface area contributed by atoms with Gasteiger partial charge in [0.05, 0.1) is 19.8 Å². The van der Waals surface area contributed by atoms with Crippen molar-refractivity contribution in [2.45, 2.75) is 39.2 Å². The third kappa shape index (κ3) is 5.09.